The van der Waals surface area contributed by atoms with Gasteiger partial charge in [0, 0.05) is 13.6 Å². The summed E-state index contributed by atoms with van der Waals surface area (Å²) in [6, 6.07) is 14.2. The second-order valence-corrected chi connectivity index (χ2v) is 6.84. The van der Waals surface area contributed by atoms with Gasteiger partial charge in [-0.15, -0.1) is 0 Å². The molecule has 0 amide bonds. The molecule has 5 heteroatoms. The predicted molar refractivity (Wildman–Crippen MR) is 96.9 cm³/mol. The molecule has 3 aromatic rings. The molecule has 0 saturated carbocycles. The van der Waals surface area contributed by atoms with Crippen molar-refractivity contribution in [2.75, 3.05) is 5.73 Å². The Kier molecular flexibility index (Phi) is 4.03. The average molecular weight is 455 g/mol. The molecule has 3 rings (SSSR count). The topological polar surface area (TPSA) is 52.0 Å². The highest BCUT2D eigenvalue weighted by Crippen LogP contribution is 2.39. The first-order chi connectivity index (χ1) is 10.1. The number of rotatable bonds is 2. The summed E-state index contributed by atoms with van der Waals surface area (Å²) in [4.78, 5) is 0. The van der Waals surface area contributed by atoms with Gasteiger partial charge in [0.1, 0.15) is 5.69 Å². The van der Waals surface area contributed by atoms with Crippen molar-refractivity contribution in [3.63, 3.8) is 0 Å². The smallest absolute Gasteiger partial charge is 0.230 e. The van der Waals surface area contributed by atoms with Crippen molar-refractivity contribution in [2.24, 2.45) is 0 Å². The first kappa shape index (κ1) is 14.6. The number of anilines is 1. The predicted octanol–water partition coefficient (Wildman–Crippen LogP) is 5.27. The number of benzene rings is 2. The van der Waals surface area contributed by atoms with Crippen LogP contribution in [0.4, 0.5) is 5.88 Å². The van der Waals surface area contributed by atoms with Gasteiger partial charge in [-0.2, -0.15) is 0 Å². The molecule has 0 fully saturated rings. The second-order valence-electron chi connectivity index (χ2n) is 4.76. The Labute approximate surface area is 144 Å². The molecule has 0 spiro atoms. The standard InChI is InChI=1S/C16H12BrIN2O/c1-9-3-2-4-10(7-9)14-15(20-21-16(14)19)12-8-11(17)5-6-13(12)18/h2-8H,19H2,1H3. The number of halogens is 2. The number of nitrogens with two attached hydrogens (primary N) is 1. The average Bonchev–Trinajstić information content (AvgIpc) is 2.83. The molecule has 21 heavy (non-hydrogen) atoms. The Bertz CT molecular complexity index is 814. The Morgan fingerprint density at radius 1 is 1.19 bits per heavy atom. The van der Waals surface area contributed by atoms with Crippen LogP contribution in [0.25, 0.3) is 22.4 Å². The third-order valence-electron chi connectivity index (χ3n) is 3.21. The van der Waals surface area contributed by atoms with E-state index in [1.807, 2.05) is 30.3 Å². The van der Waals surface area contributed by atoms with E-state index in [1.54, 1.807) is 0 Å². The SMILES string of the molecule is Cc1cccc(-c2c(-c3cc(Br)ccc3I)noc2N)c1. The Morgan fingerprint density at radius 3 is 2.76 bits per heavy atom. The van der Waals surface area contributed by atoms with E-state index < -0.39 is 0 Å². The number of nitrogens with zero attached hydrogens (tertiary/aromatic N) is 1. The fraction of sp³-hybridized carbons (Fsp3) is 0.0625. The van der Waals surface area contributed by atoms with Gasteiger partial charge in [0.05, 0.1) is 5.56 Å². The van der Waals surface area contributed by atoms with Crippen molar-refractivity contribution in [3.8, 4) is 22.4 Å². The zero-order valence-corrected chi connectivity index (χ0v) is 15.0. The summed E-state index contributed by atoms with van der Waals surface area (Å²) >= 11 is 5.79. The van der Waals surface area contributed by atoms with Gasteiger partial charge in [-0.1, -0.05) is 50.9 Å². The summed E-state index contributed by atoms with van der Waals surface area (Å²) in [6.45, 7) is 2.05. The molecule has 0 radical (unpaired) electrons. The van der Waals surface area contributed by atoms with E-state index >= 15 is 0 Å². The minimum Gasteiger partial charge on any atom is -0.367 e. The van der Waals surface area contributed by atoms with Crippen molar-refractivity contribution in [2.45, 2.75) is 6.92 Å². The monoisotopic (exact) mass is 454 g/mol. The molecule has 2 aromatic carbocycles. The molecule has 1 aromatic heterocycles. The lowest BCUT2D eigenvalue weighted by molar-refractivity contribution is 0.439. The number of hydrogen-bond donors (Lipinski definition) is 1. The summed E-state index contributed by atoms with van der Waals surface area (Å²) in [5.74, 6) is 0.339. The number of aryl methyl sites for hydroxylation is 1. The summed E-state index contributed by atoms with van der Waals surface area (Å²) in [6.07, 6.45) is 0. The maximum atomic E-state index is 6.01. The summed E-state index contributed by atoms with van der Waals surface area (Å²) in [5.41, 5.74) is 10.8. The molecule has 0 unspecified atom stereocenters. The lowest BCUT2D eigenvalue weighted by atomic mass is 10.00. The van der Waals surface area contributed by atoms with Crippen LogP contribution in [0.2, 0.25) is 0 Å². The van der Waals surface area contributed by atoms with Gasteiger partial charge in [0.15, 0.2) is 0 Å². The zero-order chi connectivity index (χ0) is 15.0. The van der Waals surface area contributed by atoms with E-state index in [0.717, 1.165) is 30.4 Å². The molecule has 0 aliphatic rings. The van der Waals surface area contributed by atoms with Crippen molar-refractivity contribution < 1.29 is 4.52 Å². The van der Waals surface area contributed by atoms with Gasteiger partial charge in [-0.25, -0.2) is 0 Å². The maximum Gasteiger partial charge on any atom is 0.230 e. The van der Waals surface area contributed by atoms with Gasteiger partial charge in [0.2, 0.25) is 5.88 Å². The number of aromatic nitrogens is 1. The van der Waals surface area contributed by atoms with E-state index in [4.69, 9.17) is 10.3 Å². The lowest BCUT2D eigenvalue weighted by Gasteiger charge is -2.06. The van der Waals surface area contributed by atoms with Crippen LogP contribution in [-0.2, 0) is 0 Å². The maximum absolute atomic E-state index is 6.01. The van der Waals surface area contributed by atoms with E-state index in [1.165, 1.54) is 5.56 Å². The second kappa shape index (κ2) is 5.81. The highest BCUT2D eigenvalue weighted by Gasteiger charge is 2.19. The molecule has 1 heterocycles. The van der Waals surface area contributed by atoms with Crippen LogP contribution >= 0.6 is 38.5 Å². The van der Waals surface area contributed by atoms with Crippen LogP contribution < -0.4 is 5.73 Å². The van der Waals surface area contributed by atoms with E-state index in [0.29, 0.717) is 5.88 Å². The van der Waals surface area contributed by atoms with Crippen LogP contribution in [0, 0.1) is 10.5 Å². The fourth-order valence-electron chi connectivity index (χ4n) is 2.25. The fourth-order valence-corrected chi connectivity index (χ4v) is 3.20. The zero-order valence-electron chi connectivity index (χ0n) is 11.2. The third-order valence-corrected chi connectivity index (χ3v) is 4.64. The van der Waals surface area contributed by atoms with Crippen molar-refractivity contribution in [1.29, 1.82) is 0 Å². The Morgan fingerprint density at radius 2 is 2.00 bits per heavy atom. The van der Waals surface area contributed by atoms with Gasteiger partial charge in [-0.05, 0) is 53.3 Å². The summed E-state index contributed by atoms with van der Waals surface area (Å²) in [5, 5.41) is 4.17. The van der Waals surface area contributed by atoms with Gasteiger partial charge in [-0.3, -0.25) is 0 Å². The van der Waals surface area contributed by atoms with Crippen LogP contribution in [0.3, 0.4) is 0 Å². The first-order valence-corrected chi connectivity index (χ1v) is 8.21. The highest BCUT2D eigenvalue weighted by molar-refractivity contribution is 14.1. The number of hydrogen-bond acceptors (Lipinski definition) is 3. The minimum absolute atomic E-state index is 0.339. The van der Waals surface area contributed by atoms with Crippen molar-refractivity contribution in [3.05, 3.63) is 56.1 Å². The Balaban J connectivity index is 2.24. The highest BCUT2D eigenvalue weighted by atomic mass is 127. The Hall–Kier alpha value is -1.34. The molecule has 106 valence electrons. The normalized spacial score (nSPS) is 10.8. The molecule has 0 bridgehead atoms. The van der Waals surface area contributed by atoms with Gasteiger partial charge >= 0.3 is 0 Å². The molecule has 2 N–H and O–H groups in total. The summed E-state index contributed by atoms with van der Waals surface area (Å²) < 4.78 is 7.34. The first-order valence-electron chi connectivity index (χ1n) is 6.34. The van der Waals surface area contributed by atoms with Crippen molar-refractivity contribution in [1.82, 2.24) is 5.16 Å². The number of nitrogen functional groups attached to an aromatic ring is 1. The van der Waals surface area contributed by atoms with Gasteiger partial charge in [0.25, 0.3) is 0 Å². The van der Waals surface area contributed by atoms with Gasteiger partial charge < -0.3 is 10.3 Å². The molecular formula is C16H12BrIN2O. The molecule has 0 aliphatic heterocycles. The van der Waals surface area contributed by atoms with Crippen LogP contribution in [0.15, 0.2) is 51.5 Å². The molecule has 0 atom stereocenters. The van der Waals surface area contributed by atoms with E-state index in [9.17, 15) is 0 Å². The van der Waals surface area contributed by atoms with E-state index in [2.05, 4.69) is 62.7 Å². The quantitative estimate of drug-likeness (QED) is 0.537. The molecule has 0 saturated heterocycles. The van der Waals surface area contributed by atoms with Crippen LogP contribution in [0.5, 0.6) is 0 Å². The van der Waals surface area contributed by atoms with E-state index in [-0.39, 0.29) is 0 Å². The minimum atomic E-state index is 0.339. The lowest BCUT2D eigenvalue weighted by Crippen LogP contribution is -1.90. The van der Waals surface area contributed by atoms with Crippen molar-refractivity contribution >= 4 is 44.4 Å². The summed E-state index contributed by atoms with van der Waals surface area (Å²) in [7, 11) is 0. The van der Waals surface area contributed by atoms with Crippen LogP contribution in [-0.4, -0.2) is 5.16 Å². The molecular weight excluding hydrogens is 443 g/mol. The largest absolute Gasteiger partial charge is 0.367 e. The third kappa shape index (κ3) is 2.85. The van der Waals surface area contributed by atoms with Crippen LogP contribution in [0.1, 0.15) is 5.56 Å². The molecule has 3 nitrogen and oxygen atoms in total. The molecule has 0 aliphatic carbocycles.